The highest BCUT2D eigenvalue weighted by Crippen LogP contribution is 2.47. The first-order chi connectivity index (χ1) is 14.0. The van der Waals surface area contributed by atoms with Gasteiger partial charge in [-0.05, 0) is 61.6 Å². The SMILES string of the molecule is COc1ccc(C2(CNC(=O)N3CCN(c4cccc(C)c4C)CC3)CC2)cc1. The van der Waals surface area contributed by atoms with Gasteiger partial charge in [0, 0.05) is 43.8 Å². The molecular weight excluding hydrogens is 362 g/mol. The first kappa shape index (κ1) is 19.6. The summed E-state index contributed by atoms with van der Waals surface area (Å²) in [4.78, 5) is 17.1. The van der Waals surface area contributed by atoms with Gasteiger partial charge in [-0.3, -0.25) is 0 Å². The molecule has 4 rings (SSSR count). The standard InChI is InChI=1S/C24H31N3O2/c1-18-5-4-6-22(19(18)2)26-13-15-27(16-14-26)23(28)25-17-24(11-12-24)20-7-9-21(29-3)10-8-20/h4-10H,11-17H2,1-3H3,(H,25,28). The summed E-state index contributed by atoms with van der Waals surface area (Å²) in [5.41, 5.74) is 5.33. The molecule has 29 heavy (non-hydrogen) atoms. The Labute approximate surface area is 173 Å². The molecule has 154 valence electrons. The van der Waals surface area contributed by atoms with E-state index in [-0.39, 0.29) is 11.4 Å². The maximum atomic E-state index is 12.7. The van der Waals surface area contributed by atoms with Crippen molar-refractivity contribution < 1.29 is 9.53 Å². The van der Waals surface area contributed by atoms with Crippen LogP contribution in [0.2, 0.25) is 0 Å². The van der Waals surface area contributed by atoms with E-state index >= 15 is 0 Å². The van der Waals surface area contributed by atoms with E-state index in [1.807, 2.05) is 17.0 Å². The average molecular weight is 394 g/mol. The van der Waals surface area contributed by atoms with Gasteiger partial charge >= 0.3 is 6.03 Å². The fraction of sp³-hybridized carbons (Fsp3) is 0.458. The van der Waals surface area contributed by atoms with Crippen molar-refractivity contribution in [2.75, 3.05) is 44.7 Å². The lowest BCUT2D eigenvalue weighted by Crippen LogP contribution is -2.52. The third-order valence-corrected chi connectivity index (χ3v) is 6.62. The van der Waals surface area contributed by atoms with E-state index in [1.165, 1.54) is 22.4 Å². The number of ether oxygens (including phenoxy) is 1. The molecule has 0 bridgehead atoms. The van der Waals surface area contributed by atoms with Crippen LogP contribution in [-0.2, 0) is 5.41 Å². The summed E-state index contributed by atoms with van der Waals surface area (Å²) in [5.74, 6) is 0.871. The molecule has 1 aliphatic heterocycles. The second-order valence-corrected chi connectivity index (χ2v) is 8.36. The number of urea groups is 1. The van der Waals surface area contributed by atoms with Gasteiger partial charge in [0.2, 0.25) is 0 Å². The average Bonchev–Trinajstić information content (AvgIpc) is 3.55. The Morgan fingerprint density at radius 2 is 1.72 bits per heavy atom. The smallest absolute Gasteiger partial charge is 0.317 e. The molecule has 2 aliphatic rings. The van der Waals surface area contributed by atoms with Gasteiger partial charge in [0.15, 0.2) is 0 Å². The molecule has 0 aromatic heterocycles. The van der Waals surface area contributed by atoms with Crippen LogP contribution >= 0.6 is 0 Å². The van der Waals surface area contributed by atoms with Crippen molar-refractivity contribution in [3.8, 4) is 5.75 Å². The summed E-state index contributed by atoms with van der Waals surface area (Å²) in [6.45, 7) is 8.30. The number of amides is 2. The summed E-state index contributed by atoms with van der Waals surface area (Å²) in [5, 5.41) is 3.19. The van der Waals surface area contributed by atoms with Crippen LogP contribution in [-0.4, -0.2) is 50.8 Å². The zero-order chi connectivity index (χ0) is 20.4. The summed E-state index contributed by atoms with van der Waals surface area (Å²) in [7, 11) is 1.68. The van der Waals surface area contributed by atoms with E-state index in [2.05, 4.69) is 54.4 Å². The number of nitrogens with one attached hydrogen (secondary N) is 1. The molecule has 0 unspecified atom stereocenters. The second kappa shape index (κ2) is 7.97. The quantitative estimate of drug-likeness (QED) is 0.839. The van der Waals surface area contributed by atoms with Crippen LogP contribution in [0.4, 0.5) is 10.5 Å². The lowest BCUT2D eigenvalue weighted by atomic mass is 9.96. The Bertz CT molecular complexity index is 866. The number of methoxy groups -OCH3 is 1. The third kappa shape index (κ3) is 4.04. The highest BCUT2D eigenvalue weighted by Gasteiger charge is 2.44. The van der Waals surface area contributed by atoms with Crippen LogP contribution in [0.1, 0.15) is 29.5 Å². The minimum absolute atomic E-state index is 0.0606. The number of nitrogens with zero attached hydrogens (tertiary/aromatic N) is 2. The van der Waals surface area contributed by atoms with Gasteiger partial charge in [-0.1, -0.05) is 24.3 Å². The minimum Gasteiger partial charge on any atom is -0.497 e. The van der Waals surface area contributed by atoms with Gasteiger partial charge in [-0.25, -0.2) is 4.79 Å². The monoisotopic (exact) mass is 393 g/mol. The Morgan fingerprint density at radius 1 is 1.03 bits per heavy atom. The molecule has 1 saturated carbocycles. The zero-order valence-corrected chi connectivity index (χ0v) is 17.7. The summed E-state index contributed by atoms with van der Waals surface area (Å²) >= 11 is 0. The summed E-state index contributed by atoms with van der Waals surface area (Å²) < 4.78 is 5.25. The van der Waals surface area contributed by atoms with E-state index in [9.17, 15) is 4.79 Å². The zero-order valence-electron chi connectivity index (χ0n) is 17.7. The van der Waals surface area contributed by atoms with Crippen molar-refractivity contribution in [1.29, 1.82) is 0 Å². The van der Waals surface area contributed by atoms with E-state index in [1.54, 1.807) is 7.11 Å². The molecule has 5 heteroatoms. The van der Waals surface area contributed by atoms with Crippen LogP contribution in [0, 0.1) is 13.8 Å². The molecule has 5 nitrogen and oxygen atoms in total. The largest absolute Gasteiger partial charge is 0.497 e. The van der Waals surface area contributed by atoms with Crippen molar-refractivity contribution in [2.45, 2.75) is 32.1 Å². The van der Waals surface area contributed by atoms with Crippen molar-refractivity contribution in [2.24, 2.45) is 0 Å². The number of benzene rings is 2. The number of hydrogen-bond acceptors (Lipinski definition) is 3. The summed E-state index contributed by atoms with van der Waals surface area (Å²) in [6, 6.07) is 14.8. The molecule has 1 N–H and O–H groups in total. The van der Waals surface area contributed by atoms with Gasteiger partial charge in [0.05, 0.1) is 7.11 Å². The number of rotatable bonds is 5. The first-order valence-electron chi connectivity index (χ1n) is 10.5. The number of carbonyl (C=O) groups excluding carboxylic acids is 1. The minimum atomic E-state index is 0.0606. The van der Waals surface area contributed by atoms with E-state index in [0.717, 1.165) is 44.8 Å². The molecule has 0 atom stereocenters. The van der Waals surface area contributed by atoms with Gasteiger partial charge < -0.3 is 19.9 Å². The molecule has 0 radical (unpaired) electrons. The van der Waals surface area contributed by atoms with Crippen LogP contribution in [0.25, 0.3) is 0 Å². The van der Waals surface area contributed by atoms with Crippen LogP contribution in [0.15, 0.2) is 42.5 Å². The molecule has 1 aliphatic carbocycles. The van der Waals surface area contributed by atoms with E-state index in [0.29, 0.717) is 6.54 Å². The van der Waals surface area contributed by atoms with Crippen LogP contribution < -0.4 is 15.0 Å². The van der Waals surface area contributed by atoms with Crippen molar-refractivity contribution in [1.82, 2.24) is 10.2 Å². The maximum Gasteiger partial charge on any atom is 0.317 e. The van der Waals surface area contributed by atoms with E-state index < -0.39 is 0 Å². The van der Waals surface area contributed by atoms with Gasteiger partial charge in [0.1, 0.15) is 5.75 Å². The van der Waals surface area contributed by atoms with Gasteiger partial charge in [-0.2, -0.15) is 0 Å². The predicted octanol–water partition coefficient (Wildman–Crippen LogP) is 3.88. The molecule has 0 spiro atoms. The number of carbonyl (C=O) groups is 1. The highest BCUT2D eigenvalue weighted by atomic mass is 16.5. The molecule has 2 fully saturated rings. The fourth-order valence-corrected chi connectivity index (χ4v) is 4.25. The van der Waals surface area contributed by atoms with Crippen molar-refractivity contribution in [3.63, 3.8) is 0 Å². The van der Waals surface area contributed by atoms with Crippen molar-refractivity contribution in [3.05, 3.63) is 59.2 Å². The Morgan fingerprint density at radius 3 is 2.34 bits per heavy atom. The van der Waals surface area contributed by atoms with Gasteiger partial charge in [0.25, 0.3) is 0 Å². The normalized spacial score (nSPS) is 17.8. The van der Waals surface area contributed by atoms with Crippen molar-refractivity contribution >= 4 is 11.7 Å². The van der Waals surface area contributed by atoms with E-state index in [4.69, 9.17) is 4.74 Å². The van der Waals surface area contributed by atoms with Crippen LogP contribution in [0.3, 0.4) is 0 Å². The topological polar surface area (TPSA) is 44.8 Å². The first-order valence-corrected chi connectivity index (χ1v) is 10.5. The van der Waals surface area contributed by atoms with Gasteiger partial charge in [-0.15, -0.1) is 0 Å². The second-order valence-electron chi connectivity index (χ2n) is 8.36. The fourth-order valence-electron chi connectivity index (χ4n) is 4.25. The number of aryl methyl sites for hydroxylation is 1. The number of piperazine rings is 1. The molecule has 2 amide bonds. The summed E-state index contributed by atoms with van der Waals surface area (Å²) in [6.07, 6.45) is 2.25. The molecule has 1 heterocycles. The molecular formula is C24H31N3O2. The molecule has 1 saturated heterocycles. The lowest BCUT2D eigenvalue weighted by Gasteiger charge is -2.37. The molecule has 2 aromatic rings. The number of hydrogen-bond donors (Lipinski definition) is 1. The third-order valence-electron chi connectivity index (χ3n) is 6.62. The Balaban J connectivity index is 1.30. The number of anilines is 1. The Hall–Kier alpha value is -2.69. The lowest BCUT2D eigenvalue weighted by molar-refractivity contribution is 0.193. The van der Waals surface area contributed by atoms with Crippen LogP contribution in [0.5, 0.6) is 5.75 Å². The predicted molar refractivity (Wildman–Crippen MR) is 117 cm³/mol. The maximum absolute atomic E-state index is 12.7. The molecule has 2 aromatic carbocycles. The Kier molecular flexibility index (Phi) is 5.39. The highest BCUT2D eigenvalue weighted by molar-refractivity contribution is 5.75.